The molecule has 0 fully saturated rings. The lowest BCUT2D eigenvalue weighted by Crippen LogP contribution is -2.15. The molecule has 1 aliphatic carbocycles. The van der Waals surface area contributed by atoms with E-state index in [4.69, 9.17) is 9.47 Å². The highest BCUT2D eigenvalue weighted by Crippen LogP contribution is 2.42. The van der Waals surface area contributed by atoms with Gasteiger partial charge in [0.1, 0.15) is 18.1 Å². The number of hydrogen-bond donors (Lipinski definition) is 0. The molecule has 0 heterocycles. The maximum Gasteiger partial charge on any atom is 0.335 e. The van der Waals surface area contributed by atoms with Crippen LogP contribution in [-0.2, 0) is 16.0 Å². The number of anilines is 3. The van der Waals surface area contributed by atoms with Crippen LogP contribution in [0.15, 0.2) is 116 Å². The predicted molar refractivity (Wildman–Crippen MR) is 147 cm³/mol. The zero-order valence-corrected chi connectivity index (χ0v) is 20.0. The Morgan fingerprint density at radius 1 is 0.889 bits per heavy atom. The van der Waals surface area contributed by atoms with E-state index in [0.717, 1.165) is 58.1 Å². The number of allylic oxidation sites excluding steroid dienone is 1. The summed E-state index contributed by atoms with van der Waals surface area (Å²) in [5, 5.41) is 2.03. The summed E-state index contributed by atoms with van der Waals surface area (Å²) in [7, 11) is 0. The summed E-state index contributed by atoms with van der Waals surface area (Å²) in [6.07, 6.45) is 6.95. The maximum absolute atomic E-state index is 11.6. The van der Waals surface area contributed by atoms with Gasteiger partial charge in [-0.25, -0.2) is 4.79 Å². The largest absolute Gasteiger partial charge is 0.489 e. The number of carbonyl (C=O) groups excluding carboxylic acids is 1. The fourth-order valence-electron chi connectivity index (χ4n) is 4.60. The molecule has 0 aromatic heterocycles. The molecule has 0 radical (unpaired) electrons. The number of fused-ring (bicyclic) bond motifs is 2. The summed E-state index contributed by atoms with van der Waals surface area (Å²) in [5.41, 5.74) is 5.62. The van der Waals surface area contributed by atoms with E-state index in [2.05, 4.69) is 84.8 Å². The molecule has 0 unspecified atom stereocenters. The van der Waals surface area contributed by atoms with Crippen LogP contribution in [0.25, 0.3) is 16.5 Å². The third kappa shape index (κ3) is 4.66. The van der Waals surface area contributed by atoms with Crippen molar-refractivity contribution in [3.05, 3.63) is 127 Å². The quantitative estimate of drug-likeness (QED) is 0.113. The molecule has 0 amide bonds. The Morgan fingerprint density at radius 3 is 2.50 bits per heavy atom. The normalized spacial score (nSPS) is 12.3. The average molecular weight is 474 g/mol. The number of benzene rings is 4. The number of ether oxygens (including phenoxy) is 2. The van der Waals surface area contributed by atoms with Gasteiger partial charge in [-0.2, -0.15) is 0 Å². The van der Waals surface area contributed by atoms with Crippen LogP contribution in [0.3, 0.4) is 0 Å². The first kappa shape index (κ1) is 23.2. The van der Waals surface area contributed by atoms with Crippen molar-refractivity contribution < 1.29 is 14.3 Å². The van der Waals surface area contributed by atoms with Crippen LogP contribution in [0.1, 0.15) is 17.5 Å². The Bertz CT molecular complexity index is 1470. The van der Waals surface area contributed by atoms with Crippen LogP contribution in [0, 0.1) is 0 Å². The summed E-state index contributed by atoms with van der Waals surface area (Å²) in [5.74, 6) is 0.933. The van der Waals surface area contributed by atoms with Crippen molar-refractivity contribution in [1.29, 1.82) is 0 Å². The van der Waals surface area contributed by atoms with Crippen molar-refractivity contribution in [2.45, 2.75) is 12.8 Å². The molecule has 36 heavy (non-hydrogen) atoms. The minimum atomic E-state index is -0.472. The molecule has 178 valence electrons. The molecule has 0 atom stereocenters. The molecule has 0 saturated heterocycles. The van der Waals surface area contributed by atoms with Crippen LogP contribution in [0.4, 0.5) is 17.1 Å². The summed E-state index contributed by atoms with van der Waals surface area (Å²) >= 11 is 0. The number of esters is 1. The van der Waals surface area contributed by atoms with E-state index in [0.29, 0.717) is 12.4 Å². The second-order valence-corrected chi connectivity index (χ2v) is 8.50. The molecule has 5 rings (SSSR count). The average Bonchev–Trinajstić information content (AvgIpc) is 2.92. The van der Waals surface area contributed by atoms with Gasteiger partial charge in [0.2, 0.25) is 0 Å². The molecule has 0 aliphatic heterocycles. The molecular weight excluding hydrogens is 446 g/mol. The van der Waals surface area contributed by atoms with Crippen LogP contribution in [0.2, 0.25) is 0 Å². The smallest absolute Gasteiger partial charge is 0.335 e. The van der Waals surface area contributed by atoms with Gasteiger partial charge in [-0.3, -0.25) is 0 Å². The monoisotopic (exact) mass is 473 g/mol. The number of rotatable bonds is 8. The second-order valence-electron chi connectivity index (χ2n) is 8.50. The first-order valence-corrected chi connectivity index (χ1v) is 12.0. The fraction of sp³-hybridized carbons (Fsp3) is 0.0938. The van der Waals surface area contributed by atoms with Crippen molar-refractivity contribution in [1.82, 2.24) is 0 Å². The van der Waals surface area contributed by atoms with Crippen LogP contribution < -0.4 is 9.64 Å². The lowest BCUT2D eigenvalue weighted by molar-refractivity contribution is -0.128. The zero-order valence-electron chi connectivity index (χ0n) is 20.0. The fourth-order valence-corrected chi connectivity index (χ4v) is 4.60. The predicted octanol–water partition coefficient (Wildman–Crippen LogP) is 7.89. The molecule has 4 nitrogen and oxygen atoms in total. The van der Waals surface area contributed by atoms with Crippen LogP contribution in [-0.4, -0.2) is 12.6 Å². The lowest BCUT2D eigenvalue weighted by atomic mass is 9.93. The van der Waals surface area contributed by atoms with E-state index < -0.39 is 5.97 Å². The topological polar surface area (TPSA) is 38.8 Å². The molecule has 0 saturated carbocycles. The van der Waals surface area contributed by atoms with Crippen LogP contribution in [0.5, 0.6) is 5.75 Å². The van der Waals surface area contributed by atoms with Gasteiger partial charge >= 0.3 is 5.97 Å². The van der Waals surface area contributed by atoms with Crippen LogP contribution >= 0.6 is 0 Å². The molecule has 1 aliphatic rings. The molecule has 4 aromatic rings. The highest BCUT2D eigenvalue weighted by molar-refractivity contribution is 5.92. The van der Waals surface area contributed by atoms with Gasteiger partial charge in [0.05, 0.1) is 5.69 Å². The Hall–Kier alpha value is -4.57. The summed E-state index contributed by atoms with van der Waals surface area (Å²) in [4.78, 5) is 13.9. The summed E-state index contributed by atoms with van der Waals surface area (Å²) < 4.78 is 11.3. The Kier molecular flexibility index (Phi) is 6.67. The van der Waals surface area contributed by atoms with Gasteiger partial charge in [0.25, 0.3) is 0 Å². The van der Waals surface area contributed by atoms with Gasteiger partial charge in [-0.05, 0) is 77.7 Å². The van der Waals surface area contributed by atoms with E-state index >= 15 is 0 Å². The van der Waals surface area contributed by atoms with E-state index in [9.17, 15) is 4.79 Å². The van der Waals surface area contributed by atoms with Crippen molar-refractivity contribution in [2.75, 3.05) is 11.5 Å². The highest BCUT2D eigenvalue weighted by Gasteiger charge is 2.22. The Labute approximate surface area is 211 Å². The molecule has 4 heteroatoms. The van der Waals surface area contributed by atoms with Gasteiger partial charge in [-0.1, -0.05) is 61.7 Å². The second kappa shape index (κ2) is 10.4. The molecule has 0 N–H and O–H groups in total. The zero-order chi connectivity index (χ0) is 24.9. The van der Waals surface area contributed by atoms with Gasteiger partial charge < -0.3 is 14.4 Å². The molecule has 0 bridgehead atoms. The molecular formula is C32H27NO3. The SMILES string of the molecule is C=CCOC1=CCCc2c1cccc2N(c1ccccc1)c1ccc2cc(OC(=O)C=C)ccc2c1. The van der Waals surface area contributed by atoms with E-state index in [-0.39, 0.29) is 0 Å². The summed E-state index contributed by atoms with van der Waals surface area (Å²) in [6.45, 7) is 7.73. The Balaban J connectivity index is 1.61. The first-order chi connectivity index (χ1) is 17.7. The van der Waals surface area contributed by atoms with Crippen molar-refractivity contribution in [3.8, 4) is 5.75 Å². The summed E-state index contributed by atoms with van der Waals surface area (Å²) in [6, 6.07) is 28.7. The molecule has 4 aromatic carbocycles. The number of nitrogens with zero attached hydrogens (tertiary/aromatic N) is 1. The minimum absolute atomic E-state index is 0.472. The number of carbonyl (C=O) groups is 1. The highest BCUT2D eigenvalue weighted by atomic mass is 16.5. The van der Waals surface area contributed by atoms with E-state index in [1.54, 1.807) is 12.1 Å². The van der Waals surface area contributed by atoms with E-state index in [1.165, 1.54) is 5.56 Å². The van der Waals surface area contributed by atoms with E-state index in [1.807, 2.05) is 18.2 Å². The van der Waals surface area contributed by atoms with Gasteiger partial charge in [0.15, 0.2) is 0 Å². The maximum atomic E-state index is 11.6. The lowest BCUT2D eigenvalue weighted by Gasteiger charge is -2.30. The number of para-hydroxylation sites is 1. The Morgan fingerprint density at radius 2 is 1.69 bits per heavy atom. The standard InChI is InChI=1S/C32H27NO3/c1-3-20-35-31-15-9-12-28-29(31)13-8-14-30(28)33(25-10-6-5-7-11-25)26-18-16-24-22-27(36-32(34)4-2)19-17-23(24)21-26/h3-8,10-11,13-19,21-22H,1-2,9,12,20H2. The third-order valence-corrected chi connectivity index (χ3v) is 6.19. The van der Waals surface area contributed by atoms with Crippen molar-refractivity contribution in [3.63, 3.8) is 0 Å². The van der Waals surface area contributed by atoms with Crippen molar-refractivity contribution in [2.24, 2.45) is 0 Å². The van der Waals surface area contributed by atoms with Gasteiger partial charge in [0, 0.05) is 23.0 Å². The van der Waals surface area contributed by atoms with Gasteiger partial charge in [-0.15, -0.1) is 0 Å². The molecule has 0 spiro atoms. The third-order valence-electron chi connectivity index (χ3n) is 6.19. The van der Waals surface area contributed by atoms with Crippen molar-refractivity contribution >= 4 is 39.6 Å². The minimum Gasteiger partial charge on any atom is -0.489 e. The first-order valence-electron chi connectivity index (χ1n) is 12.0. The number of hydrogen-bond acceptors (Lipinski definition) is 4.